The third-order valence-electron chi connectivity index (χ3n) is 2.02. The molecule has 7 heteroatoms. The summed E-state index contributed by atoms with van der Waals surface area (Å²) in [7, 11) is 1.32. The van der Waals surface area contributed by atoms with E-state index in [1.165, 1.54) is 24.6 Å². The fourth-order valence-corrected chi connectivity index (χ4v) is 2.05. The minimum atomic E-state index is -0.458. The van der Waals surface area contributed by atoms with Crippen LogP contribution in [0.4, 0.5) is 0 Å². The zero-order valence-corrected chi connectivity index (χ0v) is 10.7. The highest BCUT2D eigenvalue weighted by molar-refractivity contribution is 7.16. The Morgan fingerprint density at radius 2 is 2.22 bits per heavy atom. The van der Waals surface area contributed by atoms with Gasteiger partial charge in [0.2, 0.25) is 10.9 Å². The van der Waals surface area contributed by atoms with Crippen LogP contribution in [-0.2, 0) is 4.74 Å². The van der Waals surface area contributed by atoms with E-state index in [1.807, 2.05) is 6.92 Å². The van der Waals surface area contributed by atoms with E-state index in [-0.39, 0.29) is 5.01 Å². The SMILES string of the molecule is CCOc1cncc(-c2cnc(C(=O)OC)s2)n1. The zero-order chi connectivity index (χ0) is 13.0. The number of rotatable bonds is 4. The Balaban J connectivity index is 2.28. The predicted molar refractivity (Wildman–Crippen MR) is 65.6 cm³/mol. The molecule has 2 heterocycles. The van der Waals surface area contributed by atoms with Crippen LogP contribution < -0.4 is 4.74 Å². The first-order valence-electron chi connectivity index (χ1n) is 5.24. The van der Waals surface area contributed by atoms with E-state index in [0.717, 1.165) is 4.88 Å². The summed E-state index contributed by atoms with van der Waals surface area (Å²) in [6, 6.07) is 0. The molecule has 6 nitrogen and oxygen atoms in total. The number of thiazole rings is 1. The molecule has 2 aromatic heterocycles. The number of aromatic nitrogens is 3. The number of carbonyl (C=O) groups excluding carboxylic acids is 1. The third-order valence-corrected chi connectivity index (χ3v) is 3.02. The molecule has 2 aromatic rings. The molecule has 0 saturated carbocycles. The van der Waals surface area contributed by atoms with E-state index in [1.54, 1.807) is 12.4 Å². The van der Waals surface area contributed by atoms with Crippen molar-refractivity contribution in [3.05, 3.63) is 23.6 Å². The van der Waals surface area contributed by atoms with E-state index in [9.17, 15) is 4.79 Å². The van der Waals surface area contributed by atoms with Crippen LogP contribution in [0.15, 0.2) is 18.6 Å². The van der Waals surface area contributed by atoms with Crippen molar-refractivity contribution in [2.75, 3.05) is 13.7 Å². The maximum Gasteiger partial charge on any atom is 0.367 e. The number of esters is 1. The molecule has 18 heavy (non-hydrogen) atoms. The molecule has 2 rings (SSSR count). The van der Waals surface area contributed by atoms with Crippen LogP contribution in [0.5, 0.6) is 5.88 Å². The molecule has 0 radical (unpaired) electrons. The maximum absolute atomic E-state index is 11.3. The molecule has 94 valence electrons. The van der Waals surface area contributed by atoms with E-state index in [0.29, 0.717) is 18.2 Å². The molecule has 0 aromatic carbocycles. The molecule has 0 N–H and O–H groups in total. The van der Waals surface area contributed by atoms with Crippen LogP contribution in [-0.4, -0.2) is 34.6 Å². The molecule has 0 aliphatic rings. The van der Waals surface area contributed by atoms with Gasteiger partial charge in [-0.3, -0.25) is 4.98 Å². The van der Waals surface area contributed by atoms with Gasteiger partial charge in [-0.05, 0) is 6.92 Å². The molecule has 0 fully saturated rings. The summed E-state index contributed by atoms with van der Waals surface area (Å²) in [5, 5.41) is 0.288. The van der Waals surface area contributed by atoms with Gasteiger partial charge < -0.3 is 9.47 Å². The number of ether oxygens (including phenoxy) is 2. The van der Waals surface area contributed by atoms with Gasteiger partial charge in [-0.1, -0.05) is 0 Å². The summed E-state index contributed by atoms with van der Waals surface area (Å²) in [6.45, 7) is 2.39. The largest absolute Gasteiger partial charge is 0.477 e. The van der Waals surface area contributed by atoms with Gasteiger partial charge in [0.25, 0.3) is 0 Å². The van der Waals surface area contributed by atoms with Gasteiger partial charge in [0, 0.05) is 6.20 Å². The van der Waals surface area contributed by atoms with Crippen LogP contribution in [0.25, 0.3) is 10.6 Å². The Hall–Kier alpha value is -2.02. The van der Waals surface area contributed by atoms with Crippen LogP contribution >= 0.6 is 11.3 Å². The molecular weight excluding hydrogens is 254 g/mol. The second-order valence-electron chi connectivity index (χ2n) is 3.20. The van der Waals surface area contributed by atoms with Crippen molar-refractivity contribution >= 4 is 17.3 Å². The van der Waals surface area contributed by atoms with Crippen molar-refractivity contribution in [2.45, 2.75) is 6.92 Å². The highest BCUT2D eigenvalue weighted by atomic mass is 32.1. The predicted octanol–water partition coefficient (Wildman–Crippen LogP) is 1.79. The Morgan fingerprint density at radius 1 is 1.39 bits per heavy atom. The van der Waals surface area contributed by atoms with E-state index in [4.69, 9.17) is 4.74 Å². The number of carbonyl (C=O) groups is 1. The first kappa shape index (κ1) is 12.4. The average molecular weight is 265 g/mol. The third kappa shape index (κ3) is 2.62. The number of methoxy groups -OCH3 is 1. The fourth-order valence-electron chi connectivity index (χ4n) is 1.26. The van der Waals surface area contributed by atoms with Crippen molar-refractivity contribution in [3.8, 4) is 16.5 Å². The Kier molecular flexibility index (Phi) is 3.83. The lowest BCUT2D eigenvalue weighted by atomic mass is 10.4. The van der Waals surface area contributed by atoms with Crippen molar-refractivity contribution in [1.29, 1.82) is 0 Å². The molecular formula is C11H11N3O3S. The van der Waals surface area contributed by atoms with Crippen LogP contribution in [0.2, 0.25) is 0 Å². The topological polar surface area (TPSA) is 74.2 Å². The normalized spacial score (nSPS) is 10.1. The van der Waals surface area contributed by atoms with Gasteiger partial charge >= 0.3 is 5.97 Å². The molecule has 0 aliphatic carbocycles. The lowest BCUT2D eigenvalue weighted by Crippen LogP contribution is -1.99. The van der Waals surface area contributed by atoms with Gasteiger partial charge in [0.15, 0.2) is 0 Å². The number of hydrogen-bond acceptors (Lipinski definition) is 7. The van der Waals surface area contributed by atoms with E-state index in [2.05, 4.69) is 19.7 Å². The first-order valence-corrected chi connectivity index (χ1v) is 6.05. The van der Waals surface area contributed by atoms with Gasteiger partial charge in [-0.25, -0.2) is 14.8 Å². The van der Waals surface area contributed by atoms with Crippen molar-refractivity contribution in [1.82, 2.24) is 15.0 Å². The fraction of sp³-hybridized carbons (Fsp3) is 0.273. The Morgan fingerprint density at radius 3 is 2.94 bits per heavy atom. The lowest BCUT2D eigenvalue weighted by molar-refractivity contribution is 0.0600. The number of hydrogen-bond donors (Lipinski definition) is 0. The summed E-state index contributed by atoms with van der Waals surface area (Å²) in [5.74, 6) is -0.0109. The highest BCUT2D eigenvalue weighted by Gasteiger charge is 2.13. The second-order valence-corrected chi connectivity index (χ2v) is 4.23. The Labute approximate surface area is 108 Å². The minimum absolute atomic E-state index is 0.288. The highest BCUT2D eigenvalue weighted by Crippen LogP contribution is 2.25. The van der Waals surface area contributed by atoms with Gasteiger partial charge in [-0.15, -0.1) is 11.3 Å². The summed E-state index contributed by atoms with van der Waals surface area (Å²) >= 11 is 1.20. The molecule has 0 unspecified atom stereocenters. The van der Waals surface area contributed by atoms with E-state index >= 15 is 0 Å². The lowest BCUT2D eigenvalue weighted by Gasteiger charge is -2.01. The standard InChI is InChI=1S/C11H11N3O3S/c1-3-17-9-6-12-4-7(14-9)8-5-13-10(18-8)11(15)16-2/h4-6H,3H2,1-2H3. The van der Waals surface area contributed by atoms with Crippen LogP contribution in [0.1, 0.15) is 16.7 Å². The second kappa shape index (κ2) is 5.54. The van der Waals surface area contributed by atoms with Crippen LogP contribution in [0.3, 0.4) is 0 Å². The number of nitrogens with zero attached hydrogens (tertiary/aromatic N) is 3. The molecule has 0 amide bonds. The van der Waals surface area contributed by atoms with Gasteiger partial charge in [0.1, 0.15) is 5.69 Å². The average Bonchev–Trinajstić information content (AvgIpc) is 2.88. The van der Waals surface area contributed by atoms with Crippen molar-refractivity contribution < 1.29 is 14.3 Å². The van der Waals surface area contributed by atoms with Crippen molar-refractivity contribution in [2.24, 2.45) is 0 Å². The minimum Gasteiger partial charge on any atom is -0.477 e. The zero-order valence-electron chi connectivity index (χ0n) is 9.91. The summed E-state index contributed by atoms with van der Waals surface area (Å²) < 4.78 is 9.86. The van der Waals surface area contributed by atoms with Crippen LogP contribution in [0, 0.1) is 0 Å². The van der Waals surface area contributed by atoms with E-state index < -0.39 is 5.97 Å². The van der Waals surface area contributed by atoms with Gasteiger partial charge in [-0.2, -0.15) is 0 Å². The quantitative estimate of drug-likeness (QED) is 0.784. The summed E-state index contributed by atoms with van der Waals surface area (Å²) in [4.78, 5) is 24.3. The smallest absolute Gasteiger partial charge is 0.367 e. The molecule has 0 aliphatic heterocycles. The van der Waals surface area contributed by atoms with Crippen molar-refractivity contribution in [3.63, 3.8) is 0 Å². The van der Waals surface area contributed by atoms with Gasteiger partial charge in [0.05, 0.1) is 31.0 Å². The first-order chi connectivity index (χ1) is 8.74. The molecule has 0 saturated heterocycles. The molecule has 0 spiro atoms. The summed E-state index contributed by atoms with van der Waals surface area (Å²) in [6.07, 6.45) is 4.70. The maximum atomic E-state index is 11.3. The monoisotopic (exact) mass is 265 g/mol. The molecule has 0 bridgehead atoms. The Bertz CT molecular complexity index is 556. The molecule has 0 atom stereocenters. The summed E-state index contributed by atoms with van der Waals surface area (Å²) in [5.41, 5.74) is 0.619.